The van der Waals surface area contributed by atoms with E-state index in [1.54, 1.807) is 42.5 Å². The molecule has 0 spiro atoms. The zero-order valence-corrected chi connectivity index (χ0v) is 14.6. The molecule has 26 heavy (non-hydrogen) atoms. The topological polar surface area (TPSA) is 58.2 Å². The van der Waals surface area contributed by atoms with Crippen molar-refractivity contribution in [3.05, 3.63) is 71.0 Å². The molecular weight excluding hydrogens is 331 g/mol. The zero-order chi connectivity index (χ0) is 18.4. The number of nitrogens with one attached hydrogen (secondary N) is 2. The Labute approximate surface area is 152 Å². The second kappa shape index (κ2) is 8.61. The van der Waals surface area contributed by atoms with Gasteiger partial charge in [-0.05, 0) is 55.2 Å². The molecule has 3 rings (SSSR count). The Bertz CT molecular complexity index is 768. The molecule has 1 saturated carbocycles. The van der Waals surface area contributed by atoms with E-state index in [9.17, 15) is 14.0 Å². The van der Waals surface area contributed by atoms with Crippen LogP contribution in [-0.4, -0.2) is 24.4 Å². The second-order valence-corrected chi connectivity index (χ2v) is 6.63. The predicted octanol–water partition coefficient (Wildman–Crippen LogP) is 3.47. The van der Waals surface area contributed by atoms with Gasteiger partial charge in [0, 0.05) is 23.7 Å². The summed E-state index contributed by atoms with van der Waals surface area (Å²) in [7, 11) is 0. The fourth-order valence-corrected chi connectivity index (χ4v) is 3.23. The second-order valence-electron chi connectivity index (χ2n) is 6.63. The van der Waals surface area contributed by atoms with Gasteiger partial charge in [-0.3, -0.25) is 9.59 Å². The van der Waals surface area contributed by atoms with Crippen molar-refractivity contribution in [2.24, 2.45) is 0 Å². The Kier molecular flexibility index (Phi) is 6.00. The van der Waals surface area contributed by atoms with E-state index < -0.39 is 0 Å². The van der Waals surface area contributed by atoms with Gasteiger partial charge >= 0.3 is 0 Å². The van der Waals surface area contributed by atoms with Crippen molar-refractivity contribution >= 4 is 11.8 Å². The summed E-state index contributed by atoms with van der Waals surface area (Å²) in [5.74, 6) is -0.591. The first kappa shape index (κ1) is 18.1. The van der Waals surface area contributed by atoms with Crippen molar-refractivity contribution in [3.63, 3.8) is 0 Å². The van der Waals surface area contributed by atoms with Crippen LogP contribution in [0.15, 0.2) is 48.5 Å². The van der Waals surface area contributed by atoms with Crippen molar-refractivity contribution in [1.82, 2.24) is 10.6 Å². The van der Waals surface area contributed by atoms with Gasteiger partial charge in [0.05, 0.1) is 0 Å². The third kappa shape index (κ3) is 4.69. The van der Waals surface area contributed by atoms with Crippen LogP contribution in [0.25, 0.3) is 0 Å². The number of halogens is 1. The van der Waals surface area contributed by atoms with Crippen LogP contribution in [0.5, 0.6) is 0 Å². The van der Waals surface area contributed by atoms with Crippen LogP contribution in [0.4, 0.5) is 4.39 Å². The molecule has 1 aliphatic carbocycles. The number of rotatable bonds is 6. The van der Waals surface area contributed by atoms with Crippen LogP contribution in [0, 0.1) is 5.82 Å². The van der Waals surface area contributed by atoms with E-state index >= 15 is 0 Å². The van der Waals surface area contributed by atoms with Gasteiger partial charge in [-0.15, -0.1) is 0 Å². The first-order valence-electron chi connectivity index (χ1n) is 9.06. The number of carbonyl (C=O) groups is 2. The number of amides is 2. The molecule has 1 fully saturated rings. The third-order valence-electron chi connectivity index (χ3n) is 4.74. The van der Waals surface area contributed by atoms with Crippen LogP contribution < -0.4 is 10.6 Å². The summed E-state index contributed by atoms with van der Waals surface area (Å²) < 4.78 is 13.6. The lowest BCUT2D eigenvalue weighted by molar-refractivity contribution is 0.0931. The first-order chi connectivity index (χ1) is 12.6. The normalized spacial score (nSPS) is 14.2. The van der Waals surface area contributed by atoms with E-state index in [1.807, 2.05) is 0 Å². The summed E-state index contributed by atoms with van der Waals surface area (Å²) in [6.45, 7) is 0.351. The van der Waals surface area contributed by atoms with E-state index in [-0.39, 0.29) is 23.7 Å². The highest BCUT2D eigenvalue weighted by molar-refractivity contribution is 5.97. The summed E-state index contributed by atoms with van der Waals surface area (Å²) in [6, 6.07) is 13.4. The monoisotopic (exact) mass is 354 g/mol. The molecule has 1 aliphatic rings. The smallest absolute Gasteiger partial charge is 0.251 e. The first-order valence-corrected chi connectivity index (χ1v) is 9.06. The molecular formula is C21H23FN2O2. The minimum atomic E-state index is -0.264. The molecule has 2 aromatic carbocycles. The lowest BCUT2D eigenvalue weighted by Gasteiger charge is -2.12. The molecule has 0 heterocycles. The van der Waals surface area contributed by atoms with Crippen molar-refractivity contribution in [1.29, 1.82) is 0 Å². The summed E-state index contributed by atoms with van der Waals surface area (Å²) in [6.07, 6.45) is 4.83. The number of benzene rings is 2. The minimum Gasteiger partial charge on any atom is -0.352 e. The maximum Gasteiger partial charge on any atom is 0.251 e. The Morgan fingerprint density at radius 1 is 0.923 bits per heavy atom. The quantitative estimate of drug-likeness (QED) is 0.834. The molecule has 0 atom stereocenters. The molecule has 0 aliphatic heterocycles. The molecule has 0 aromatic heterocycles. The molecule has 136 valence electrons. The molecule has 5 heteroatoms. The van der Waals surface area contributed by atoms with Gasteiger partial charge in [0.1, 0.15) is 5.82 Å². The van der Waals surface area contributed by atoms with E-state index in [4.69, 9.17) is 0 Å². The Balaban J connectivity index is 1.50. The number of hydrogen-bond donors (Lipinski definition) is 2. The van der Waals surface area contributed by atoms with Crippen molar-refractivity contribution in [2.45, 2.75) is 38.1 Å². The lowest BCUT2D eigenvalue weighted by Crippen LogP contribution is -2.32. The van der Waals surface area contributed by atoms with E-state index in [2.05, 4.69) is 10.6 Å². The lowest BCUT2D eigenvalue weighted by atomic mass is 10.1. The Hall–Kier alpha value is -2.69. The zero-order valence-electron chi connectivity index (χ0n) is 14.6. The average molecular weight is 354 g/mol. The van der Waals surface area contributed by atoms with Gasteiger partial charge in [-0.25, -0.2) is 4.39 Å². The standard InChI is InChI=1S/C21H23FN2O2/c22-19-8-4-1-5-15(19)13-14-23-20(25)16-9-11-17(12-10-16)21(26)24-18-6-2-3-7-18/h1,4-5,8-12,18H,2-3,6-7,13-14H2,(H,23,25)(H,24,26). The molecule has 2 N–H and O–H groups in total. The highest BCUT2D eigenvalue weighted by atomic mass is 19.1. The summed E-state index contributed by atoms with van der Waals surface area (Å²) in [5, 5.41) is 5.80. The van der Waals surface area contributed by atoms with E-state index in [0.717, 1.165) is 25.7 Å². The van der Waals surface area contributed by atoms with Gasteiger partial charge < -0.3 is 10.6 Å². The third-order valence-corrected chi connectivity index (χ3v) is 4.74. The molecule has 4 nitrogen and oxygen atoms in total. The predicted molar refractivity (Wildman–Crippen MR) is 98.6 cm³/mol. The summed E-state index contributed by atoms with van der Waals surface area (Å²) in [4.78, 5) is 24.4. The Morgan fingerprint density at radius 2 is 1.54 bits per heavy atom. The number of carbonyl (C=O) groups excluding carboxylic acids is 2. The SMILES string of the molecule is O=C(NCCc1ccccc1F)c1ccc(C(=O)NC2CCCC2)cc1. The molecule has 0 radical (unpaired) electrons. The molecule has 0 unspecified atom stereocenters. The largest absolute Gasteiger partial charge is 0.352 e. The Morgan fingerprint density at radius 3 is 2.19 bits per heavy atom. The maximum atomic E-state index is 13.6. The molecule has 0 bridgehead atoms. The van der Waals surface area contributed by atoms with Crippen molar-refractivity contribution in [2.75, 3.05) is 6.54 Å². The molecule has 0 saturated heterocycles. The van der Waals surface area contributed by atoms with Gasteiger partial charge in [0.2, 0.25) is 0 Å². The number of hydrogen-bond acceptors (Lipinski definition) is 2. The summed E-state index contributed by atoms with van der Waals surface area (Å²) in [5.41, 5.74) is 1.61. The van der Waals surface area contributed by atoms with E-state index in [0.29, 0.717) is 29.7 Å². The van der Waals surface area contributed by atoms with Crippen LogP contribution in [-0.2, 0) is 6.42 Å². The van der Waals surface area contributed by atoms with Gasteiger partial charge in [0.15, 0.2) is 0 Å². The van der Waals surface area contributed by atoms with E-state index in [1.165, 1.54) is 6.07 Å². The van der Waals surface area contributed by atoms with Gasteiger partial charge in [-0.1, -0.05) is 31.0 Å². The highest BCUT2D eigenvalue weighted by Gasteiger charge is 2.18. The van der Waals surface area contributed by atoms with Crippen LogP contribution in [0.2, 0.25) is 0 Å². The summed E-state index contributed by atoms with van der Waals surface area (Å²) >= 11 is 0. The average Bonchev–Trinajstić information content (AvgIpc) is 3.16. The van der Waals surface area contributed by atoms with Gasteiger partial charge in [-0.2, -0.15) is 0 Å². The molecule has 2 amide bonds. The fraction of sp³-hybridized carbons (Fsp3) is 0.333. The maximum absolute atomic E-state index is 13.6. The van der Waals surface area contributed by atoms with Crippen LogP contribution in [0.3, 0.4) is 0 Å². The van der Waals surface area contributed by atoms with Crippen LogP contribution in [0.1, 0.15) is 52.0 Å². The molecule has 2 aromatic rings. The minimum absolute atomic E-state index is 0.0941. The van der Waals surface area contributed by atoms with Crippen molar-refractivity contribution < 1.29 is 14.0 Å². The van der Waals surface area contributed by atoms with Crippen LogP contribution >= 0.6 is 0 Å². The van der Waals surface area contributed by atoms with Crippen molar-refractivity contribution in [3.8, 4) is 0 Å². The highest BCUT2D eigenvalue weighted by Crippen LogP contribution is 2.18. The fourth-order valence-electron chi connectivity index (χ4n) is 3.23. The van der Waals surface area contributed by atoms with Gasteiger partial charge in [0.25, 0.3) is 11.8 Å².